The lowest BCUT2D eigenvalue weighted by Gasteiger charge is -2.16. The predicted octanol–water partition coefficient (Wildman–Crippen LogP) is 3.00. The fourth-order valence-electron chi connectivity index (χ4n) is 3.24. The lowest BCUT2D eigenvalue weighted by atomic mass is 9.97. The average Bonchev–Trinajstić information content (AvgIpc) is 2.96. The zero-order valence-electron chi connectivity index (χ0n) is 16.6. The Morgan fingerprint density at radius 3 is 2.21 bits per heavy atom. The van der Waals surface area contributed by atoms with E-state index in [9.17, 15) is 19.2 Å². The molecule has 1 heterocycles. The number of hydrogen-bond donors (Lipinski definition) is 0. The number of amides is 4. The highest BCUT2D eigenvalue weighted by Crippen LogP contribution is 2.25. The van der Waals surface area contributed by atoms with Crippen molar-refractivity contribution in [2.24, 2.45) is 0 Å². The van der Waals surface area contributed by atoms with E-state index >= 15 is 0 Å². The van der Waals surface area contributed by atoms with Crippen LogP contribution in [0.4, 0.5) is 10.5 Å². The number of urea groups is 1. The molecule has 150 valence electrons. The molecule has 0 unspecified atom stereocenters. The third-order valence-electron chi connectivity index (χ3n) is 4.95. The Labute approximate surface area is 168 Å². The molecule has 0 aliphatic carbocycles. The van der Waals surface area contributed by atoms with Crippen molar-refractivity contribution < 1.29 is 23.9 Å². The van der Waals surface area contributed by atoms with Crippen molar-refractivity contribution in [3.05, 3.63) is 59.2 Å². The Bertz CT molecular complexity index is 981. The predicted molar refractivity (Wildman–Crippen MR) is 107 cm³/mol. The Morgan fingerprint density at radius 2 is 1.62 bits per heavy atom. The summed E-state index contributed by atoms with van der Waals surface area (Å²) in [4.78, 5) is 51.9. The van der Waals surface area contributed by atoms with Crippen LogP contribution in [0, 0.1) is 0 Å². The van der Waals surface area contributed by atoms with Crippen LogP contribution in [0.25, 0.3) is 0 Å². The minimum Gasteiger partial charge on any atom is -0.497 e. The van der Waals surface area contributed by atoms with Crippen LogP contribution < -0.4 is 9.64 Å². The summed E-state index contributed by atoms with van der Waals surface area (Å²) < 4.78 is 5.06. The number of hydrogen-bond acceptors (Lipinski definition) is 5. The molecule has 4 amide bonds. The van der Waals surface area contributed by atoms with Crippen LogP contribution in [0.15, 0.2) is 42.5 Å². The van der Waals surface area contributed by atoms with Gasteiger partial charge < -0.3 is 4.74 Å². The first kappa shape index (κ1) is 20.3. The minimum absolute atomic E-state index is 0.242. The summed E-state index contributed by atoms with van der Waals surface area (Å²) in [7, 11) is 1.50. The van der Waals surface area contributed by atoms with Crippen molar-refractivity contribution in [3.8, 4) is 5.75 Å². The van der Waals surface area contributed by atoms with Crippen LogP contribution in [0.3, 0.4) is 0 Å². The first-order valence-electron chi connectivity index (χ1n) is 9.40. The molecule has 3 rings (SSSR count). The van der Waals surface area contributed by atoms with Gasteiger partial charge in [-0.05, 0) is 54.3 Å². The topological polar surface area (TPSA) is 84.0 Å². The third-order valence-corrected chi connectivity index (χ3v) is 4.95. The van der Waals surface area contributed by atoms with E-state index in [1.54, 1.807) is 18.2 Å². The van der Waals surface area contributed by atoms with Gasteiger partial charge in [-0.3, -0.25) is 14.4 Å². The monoisotopic (exact) mass is 394 g/mol. The lowest BCUT2D eigenvalue weighted by Crippen LogP contribution is -2.37. The summed E-state index contributed by atoms with van der Waals surface area (Å²) in [6.45, 7) is 3.43. The fourth-order valence-corrected chi connectivity index (χ4v) is 3.24. The molecule has 1 fully saturated rings. The number of benzene rings is 2. The zero-order chi connectivity index (χ0) is 21.1. The molecule has 2 aromatic rings. The van der Waals surface area contributed by atoms with Crippen LogP contribution >= 0.6 is 0 Å². The van der Waals surface area contributed by atoms with Gasteiger partial charge >= 0.3 is 17.8 Å². The van der Waals surface area contributed by atoms with E-state index in [-0.39, 0.29) is 11.5 Å². The van der Waals surface area contributed by atoms with Crippen LogP contribution in [0.1, 0.15) is 35.3 Å². The second kappa shape index (κ2) is 8.26. The average molecular weight is 394 g/mol. The molecule has 7 heteroatoms. The van der Waals surface area contributed by atoms with E-state index in [0.717, 1.165) is 22.4 Å². The number of anilines is 1. The van der Waals surface area contributed by atoms with Crippen LogP contribution in [-0.2, 0) is 22.4 Å². The summed E-state index contributed by atoms with van der Waals surface area (Å²) >= 11 is 0. The maximum absolute atomic E-state index is 12.9. The summed E-state index contributed by atoms with van der Waals surface area (Å²) in [5, 5.41) is 0. The number of nitrogens with zero attached hydrogens (tertiary/aromatic N) is 2. The smallest absolute Gasteiger partial charge is 0.339 e. The SMILES string of the molecule is CCc1ccc(CC)c(C(=O)CN2C(=O)C(=O)N(c3ccc(OC)cc3)C2=O)c1. The van der Waals surface area contributed by atoms with Gasteiger partial charge in [-0.15, -0.1) is 0 Å². The van der Waals surface area contributed by atoms with Crippen molar-refractivity contribution >= 4 is 29.3 Å². The van der Waals surface area contributed by atoms with Crippen LogP contribution in [-0.4, -0.2) is 42.2 Å². The van der Waals surface area contributed by atoms with Crippen molar-refractivity contribution in [3.63, 3.8) is 0 Å². The number of imide groups is 2. The molecule has 1 aliphatic rings. The second-order valence-corrected chi connectivity index (χ2v) is 6.63. The number of aryl methyl sites for hydroxylation is 2. The molecule has 0 spiro atoms. The third kappa shape index (κ3) is 3.76. The maximum atomic E-state index is 12.9. The molecule has 0 bridgehead atoms. The molecule has 0 saturated carbocycles. The fraction of sp³-hybridized carbons (Fsp3) is 0.273. The van der Waals surface area contributed by atoms with Gasteiger partial charge in [0.05, 0.1) is 19.3 Å². The van der Waals surface area contributed by atoms with E-state index in [1.165, 1.54) is 19.2 Å². The molecule has 0 radical (unpaired) electrons. The van der Waals surface area contributed by atoms with E-state index in [1.807, 2.05) is 26.0 Å². The quantitative estimate of drug-likeness (QED) is 0.409. The molecular formula is C22H22N2O5. The van der Waals surface area contributed by atoms with Gasteiger partial charge in [-0.1, -0.05) is 26.0 Å². The standard InChI is InChI=1S/C22H22N2O5/c1-4-14-6-7-15(5-2)18(12-14)19(25)13-23-20(26)21(27)24(22(23)28)16-8-10-17(29-3)11-9-16/h6-12H,4-5,13H2,1-3H3. The first-order chi connectivity index (χ1) is 13.9. The largest absolute Gasteiger partial charge is 0.497 e. The van der Waals surface area contributed by atoms with Crippen LogP contribution in [0.5, 0.6) is 5.75 Å². The summed E-state index contributed by atoms with van der Waals surface area (Å²) in [5.41, 5.74) is 2.54. The molecule has 1 saturated heterocycles. The lowest BCUT2D eigenvalue weighted by molar-refractivity contribution is -0.139. The van der Waals surface area contributed by atoms with Gasteiger partial charge in [0.25, 0.3) is 0 Å². The molecule has 0 aromatic heterocycles. The van der Waals surface area contributed by atoms with Crippen molar-refractivity contribution in [2.45, 2.75) is 26.7 Å². The Morgan fingerprint density at radius 1 is 0.931 bits per heavy atom. The molecule has 1 aliphatic heterocycles. The Kier molecular flexibility index (Phi) is 5.77. The highest BCUT2D eigenvalue weighted by atomic mass is 16.5. The maximum Gasteiger partial charge on any atom is 0.339 e. The van der Waals surface area contributed by atoms with Gasteiger partial charge in [0.15, 0.2) is 5.78 Å². The number of methoxy groups -OCH3 is 1. The summed E-state index contributed by atoms with van der Waals surface area (Å²) in [6.07, 6.45) is 1.40. The molecular weight excluding hydrogens is 372 g/mol. The van der Waals surface area contributed by atoms with Gasteiger partial charge in [0, 0.05) is 5.56 Å². The number of Topliss-reactive ketones (excluding diaryl/α,β-unsaturated/α-hetero) is 1. The number of ether oxygens (including phenoxy) is 1. The number of ketones is 1. The number of rotatable bonds is 7. The number of carbonyl (C=O) groups is 4. The number of carbonyl (C=O) groups excluding carboxylic acids is 4. The molecule has 2 aromatic carbocycles. The Balaban J connectivity index is 1.86. The van der Waals surface area contributed by atoms with Gasteiger partial charge in [0.1, 0.15) is 5.75 Å². The highest BCUT2D eigenvalue weighted by Gasteiger charge is 2.46. The summed E-state index contributed by atoms with van der Waals surface area (Å²) in [6, 6.07) is 11.0. The van der Waals surface area contributed by atoms with Gasteiger partial charge in [0.2, 0.25) is 0 Å². The molecule has 0 atom stereocenters. The van der Waals surface area contributed by atoms with Crippen molar-refractivity contribution in [1.82, 2.24) is 4.90 Å². The van der Waals surface area contributed by atoms with E-state index < -0.39 is 24.4 Å². The summed E-state index contributed by atoms with van der Waals surface area (Å²) in [5.74, 6) is -1.81. The van der Waals surface area contributed by atoms with Crippen molar-refractivity contribution in [1.29, 1.82) is 0 Å². The Hall–Kier alpha value is -3.48. The second-order valence-electron chi connectivity index (χ2n) is 6.63. The molecule has 7 nitrogen and oxygen atoms in total. The highest BCUT2D eigenvalue weighted by molar-refractivity contribution is 6.53. The zero-order valence-corrected chi connectivity index (χ0v) is 16.6. The van der Waals surface area contributed by atoms with Gasteiger partial charge in [-0.2, -0.15) is 0 Å². The molecule has 29 heavy (non-hydrogen) atoms. The minimum atomic E-state index is -1.01. The van der Waals surface area contributed by atoms with Crippen LogP contribution in [0.2, 0.25) is 0 Å². The van der Waals surface area contributed by atoms with E-state index in [0.29, 0.717) is 22.6 Å². The van der Waals surface area contributed by atoms with E-state index in [4.69, 9.17) is 4.74 Å². The normalized spacial score (nSPS) is 14.0. The first-order valence-corrected chi connectivity index (χ1v) is 9.40. The van der Waals surface area contributed by atoms with Gasteiger partial charge in [-0.25, -0.2) is 14.6 Å². The van der Waals surface area contributed by atoms with E-state index in [2.05, 4.69) is 0 Å². The molecule has 0 N–H and O–H groups in total. The van der Waals surface area contributed by atoms with Crippen molar-refractivity contribution in [2.75, 3.05) is 18.6 Å².